The van der Waals surface area contributed by atoms with E-state index in [0.29, 0.717) is 5.95 Å². The van der Waals surface area contributed by atoms with Gasteiger partial charge in [0.15, 0.2) is 0 Å². The van der Waals surface area contributed by atoms with Crippen LogP contribution in [-0.2, 0) is 0 Å². The van der Waals surface area contributed by atoms with Crippen molar-refractivity contribution in [3.8, 4) is 0 Å². The molecular weight excluding hydrogens is 152 g/mol. The van der Waals surface area contributed by atoms with E-state index in [1.165, 1.54) is 0 Å². The van der Waals surface area contributed by atoms with E-state index in [1.807, 2.05) is 19.1 Å². The second kappa shape index (κ2) is 4.33. The van der Waals surface area contributed by atoms with E-state index in [4.69, 9.17) is 5.73 Å². The van der Waals surface area contributed by atoms with Crippen molar-refractivity contribution in [2.24, 2.45) is 0 Å². The number of aromatic nitrogens is 2. The predicted octanol–water partition coefficient (Wildman–Crippen LogP) is 1.05. The van der Waals surface area contributed by atoms with Gasteiger partial charge in [0.25, 0.3) is 0 Å². The average Bonchev–Trinajstić information content (AvgIpc) is 2.05. The van der Waals surface area contributed by atoms with Gasteiger partial charge in [-0.1, -0.05) is 12.2 Å². The minimum Gasteiger partial charge on any atom is -0.368 e. The average molecular weight is 164 g/mol. The molecule has 0 saturated carbocycles. The van der Waals surface area contributed by atoms with Crippen LogP contribution in [0.3, 0.4) is 0 Å². The van der Waals surface area contributed by atoms with Crippen molar-refractivity contribution >= 4 is 11.8 Å². The van der Waals surface area contributed by atoms with Gasteiger partial charge in [0, 0.05) is 12.7 Å². The van der Waals surface area contributed by atoms with E-state index in [1.54, 1.807) is 12.3 Å². The smallest absolute Gasteiger partial charge is 0.221 e. The van der Waals surface area contributed by atoms with Crippen molar-refractivity contribution in [3.05, 3.63) is 24.4 Å². The highest BCUT2D eigenvalue weighted by molar-refractivity contribution is 5.37. The van der Waals surface area contributed by atoms with Crippen LogP contribution in [0.4, 0.5) is 11.8 Å². The Hall–Kier alpha value is -1.58. The second-order valence-corrected chi connectivity index (χ2v) is 2.25. The Kier molecular flexibility index (Phi) is 3.07. The summed E-state index contributed by atoms with van der Waals surface area (Å²) in [5, 5.41) is 3.07. The Balaban J connectivity index is 2.52. The molecule has 0 atom stereocenters. The lowest BCUT2D eigenvalue weighted by molar-refractivity contribution is 1.15. The summed E-state index contributed by atoms with van der Waals surface area (Å²) in [6.45, 7) is 2.73. The summed E-state index contributed by atoms with van der Waals surface area (Å²) in [5.41, 5.74) is 5.38. The van der Waals surface area contributed by atoms with Crippen LogP contribution in [0, 0.1) is 0 Å². The molecule has 0 amide bonds. The van der Waals surface area contributed by atoms with E-state index >= 15 is 0 Å². The zero-order valence-electron chi connectivity index (χ0n) is 6.99. The first-order valence-electron chi connectivity index (χ1n) is 3.76. The number of allylic oxidation sites excluding steroid dienone is 1. The van der Waals surface area contributed by atoms with Gasteiger partial charge in [-0.25, -0.2) is 4.98 Å². The lowest BCUT2D eigenvalue weighted by Gasteiger charge is -2.00. The van der Waals surface area contributed by atoms with E-state index in [9.17, 15) is 0 Å². The summed E-state index contributed by atoms with van der Waals surface area (Å²) >= 11 is 0. The fourth-order valence-electron chi connectivity index (χ4n) is 0.754. The number of rotatable bonds is 3. The summed E-state index contributed by atoms with van der Waals surface area (Å²) in [7, 11) is 0. The normalized spacial score (nSPS) is 10.4. The van der Waals surface area contributed by atoms with Gasteiger partial charge in [0.2, 0.25) is 5.95 Å². The Morgan fingerprint density at radius 3 is 3.17 bits per heavy atom. The number of nitrogen functional groups attached to an aromatic ring is 1. The SMILES string of the molecule is C/C=C/CNc1ccnc(N)n1. The monoisotopic (exact) mass is 164 g/mol. The van der Waals surface area contributed by atoms with Crippen molar-refractivity contribution in [2.45, 2.75) is 6.92 Å². The summed E-state index contributed by atoms with van der Waals surface area (Å²) in [6.07, 6.45) is 5.59. The number of nitrogens with one attached hydrogen (secondary N) is 1. The third-order valence-corrected chi connectivity index (χ3v) is 1.31. The third-order valence-electron chi connectivity index (χ3n) is 1.31. The topological polar surface area (TPSA) is 63.8 Å². The van der Waals surface area contributed by atoms with Gasteiger partial charge >= 0.3 is 0 Å². The molecule has 1 aromatic rings. The van der Waals surface area contributed by atoms with Crippen LogP contribution in [0.1, 0.15) is 6.92 Å². The summed E-state index contributed by atoms with van der Waals surface area (Å²) in [6, 6.07) is 1.78. The minimum atomic E-state index is 0.292. The standard InChI is InChI=1S/C8H12N4/c1-2-3-5-10-7-4-6-11-8(9)12-7/h2-4,6H,5H2,1H3,(H3,9,10,11,12)/b3-2+. The molecule has 0 aliphatic rings. The van der Waals surface area contributed by atoms with E-state index in [0.717, 1.165) is 12.4 Å². The van der Waals surface area contributed by atoms with E-state index < -0.39 is 0 Å². The van der Waals surface area contributed by atoms with E-state index in [-0.39, 0.29) is 0 Å². The number of nitrogens with two attached hydrogens (primary N) is 1. The van der Waals surface area contributed by atoms with Gasteiger partial charge in [-0.05, 0) is 13.0 Å². The Bertz CT molecular complexity index is 270. The maximum absolute atomic E-state index is 5.38. The first-order chi connectivity index (χ1) is 5.83. The number of hydrogen-bond acceptors (Lipinski definition) is 4. The van der Waals surface area contributed by atoms with Crippen LogP contribution in [0.25, 0.3) is 0 Å². The molecule has 4 nitrogen and oxygen atoms in total. The van der Waals surface area contributed by atoms with Crippen LogP contribution < -0.4 is 11.1 Å². The molecule has 0 bridgehead atoms. The highest BCUT2D eigenvalue weighted by Crippen LogP contribution is 2.01. The van der Waals surface area contributed by atoms with Crippen molar-refractivity contribution in [2.75, 3.05) is 17.6 Å². The van der Waals surface area contributed by atoms with Gasteiger partial charge in [-0.15, -0.1) is 0 Å². The molecule has 0 saturated heterocycles. The van der Waals surface area contributed by atoms with Crippen LogP contribution in [0.15, 0.2) is 24.4 Å². The first kappa shape index (κ1) is 8.52. The first-order valence-corrected chi connectivity index (χ1v) is 3.76. The molecule has 4 heteroatoms. The molecule has 0 spiro atoms. The summed E-state index contributed by atoms with van der Waals surface area (Å²) < 4.78 is 0. The highest BCUT2D eigenvalue weighted by Gasteiger charge is 1.91. The quantitative estimate of drug-likeness (QED) is 0.655. The second-order valence-electron chi connectivity index (χ2n) is 2.25. The highest BCUT2D eigenvalue weighted by atomic mass is 15.1. The zero-order valence-corrected chi connectivity index (χ0v) is 6.99. The summed E-state index contributed by atoms with van der Waals surface area (Å²) in [5.74, 6) is 1.04. The maximum atomic E-state index is 5.38. The van der Waals surface area contributed by atoms with Crippen molar-refractivity contribution < 1.29 is 0 Å². The molecule has 1 rings (SSSR count). The molecule has 0 fully saturated rings. The van der Waals surface area contributed by atoms with Crippen molar-refractivity contribution in [3.63, 3.8) is 0 Å². The summed E-state index contributed by atoms with van der Waals surface area (Å²) in [4.78, 5) is 7.74. The number of nitrogens with zero attached hydrogens (tertiary/aromatic N) is 2. The predicted molar refractivity (Wildman–Crippen MR) is 49.7 cm³/mol. The molecule has 0 aliphatic carbocycles. The Labute approximate surface area is 71.5 Å². The minimum absolute atomic E-state index is 0.292. The van der Waals surface area contributed by atoms with Gasteiger partial charge < -0.3 is 11.1 Å². The number of hydrogen-bond donors (Lipinski definition) is 2. The Morgan fingerprint density at radius 2 is 2.50 bits per heavy atom. The van der Waals surface area contributed by atoms with Gasteiger partial charge in [-0.3, -0.25) is 0 Å². The molecule has 0 aliphatic heterocycles. The largest absolute Gasteiger partial charge is 0.368 e. The maximum Gasteiger partial charge on any atom is 0.221 e. The van der Waals surface area contributed by atoms with Crippen molar-refractivity contribution in [1.29, 1.82) is 0 Å². The fraction of sp³-hybridized carbons (Fsp3) is 0.250. The van der Waals surface area contributed by atoms with Crippen LogP contribution in [0.5, 0.6) is 0 Å². The fourth-order valence-corrected chi connectivity index (χ4v) is 0.754. The van der Waals surface area contributed by atoms with Crippen LogP contribution >= 0.6 is 0 Å². The van der Waals surface area contributed by atoms with Gasteiger partial charge in [0.05, 0.1) is 0 Å². The molecule has 0 unspecified atom stereocenters. The molecule has 12 heavy (non-hydrogen) atoms. The van der Waals surface area contributed by atoms with Crippen LogP contribution in [0.2, 0.25) is 0 Å². The lowest BCUT2D eigenvalue weighted by atomic mass is 10.5. The molecule has 1 aromatic heterocycles. The molecule has 0 aromatic carbocycles. The van der Waals surface area contributed by atoms with Gasteiger partial charge in [0.1, 0.15) is 5.82 Å². The van der Waals surface area contributed by atoms with E-state index in [2.05, 4.69) is 15.3 Å². The molecule has 0 radical (unpaired) electrons. The molecule has 1 heterocycles. The van der Waals surface area contributed by atoms with Gasteiger partial charge in [-0.2, -0.15) is 4.98 Å². The van der Waals surface area contributed by atoms with Crippen molar-refractivity contribution in [1.82, 2.24) is 9.97 Å². The molecular formula is C8H12N4. The third kappa shape index (κ3) is 2.57. The lowest BCUT2D eigenvalue weighted by Crippen LogP contribution is -2.03. The Morgan fingerprint density at radius 1 is 1.67 bits per heavy atom. The molecule has 3 N–H and O–H groups in total. The molecule has 64 valence electrons. The zero-order chi connectivity index (χ0) is 8.81. The van der Waals surface area contributed by atoms with Crippen LogP contribution in [-0.4, -0.2) is 16.5 Å². The number of anilines is 2.